The number of carbonyl (C=O) groups is 1. The Morgan fingerprint density at radius 3 is 2.31 bits per heavy atom. The maximum Gasteiger partial charge on any atom is 0.151 e. The van der Waals surface area contributed by atoms with E-state index in [2.05, 4.69) is 0 Å². The molecule has 5 atom stereocenters. The SMILES string of the molecule is CCOc1ccc(Cc2cc(C3C(=O)C(CO)C(O)C(O)C3O)ccc2Cl)cc1. The summed E-state index contributed by atoms with van der Waals surface area (Å²) in [6.07, 6.45) is -4.00. The largest absolute Gasteiger partial charge is 0.494 e. The lowest BCUT2D eigenvalue weighted by Gasteiger charge is -2.39. The molecule has 0 heterocycles. The van der Waals surface area contributed by atoms with Gasteiger partial charge in [-0.2, -0.15) is 0 Å². The minimum Gasteiger partial charge on any atom is -0.494 e. The molecular formula is C22H25ClO6. The van der Waals surface area contributed by atoms with Crippen molar-refractivity contribution in [3.05, 3.63) is 64.2 Å². The average Bonchev–Trinajstić information content (AvgIpc) is 2.71. The monoisotopic (exact) mass is 420 g/mol. The summed E-state index contributed by atoms with van der Waals surface area (Å²) in [7, 11) is 0. The van der Waals surface area contributed by atoms with Crippen LogP contribution in [0.25, 0.3) is 0 Å². The standard InChI is InChI=1S/C22H25ClO6/c1-2-29-15-6-3-12(4-7-15)9-14-10-13(5-8-17(14)23)18-19(25)16(11-24)20(26)22(28)21(18)27/h3-8,10,16,18,20-22,24,26-28H,2,9,11H2,1H3. The van der Waals surface area contributed by atoms with Crippen molar-refractivity contribution in [1.29, 1.82) is 0 Å². The first-order valence-corrected chi connectivity index (χ1v) is 9.94. The molecule has 0 radical (unpaired) electrons. The van der Waals surface area contributed by atoms with E-state index in [4.69, 9.17) is 16.3 Å². The fraction of sp³-hybridized carbons (Fsp3) is 0.409. The van der Waals surface area contributed by atoms with Gasteiger partial charge in [0, 0.05) is 5.02 Å². The molecule has 6 nitrogen and oxygen atoms in total. The average molecular weight is 421 g/mol. The van der Waals surface area contributed by atoms with Gasteiger partial charge in [0.1, 0.15) is 11.9 Å². The summed E-state index contributed by atoms with van der Waals surface area (Å²) >= 11 is 6.35. The summed E-state index contributed by atoms with van der Waals surface area (Å²) in [4.78, 5) is 12.7. The van der Waals surface area contributed by atoms with Gasteiger partial charge in [-0.05, 0) is 48.2 Å². The minimum absolute atomic E-state index is 0.484. The Bertz CT molecular complexity index is 853. The highest BCUT2D eigenvalue weighted by Gasteiger charge is 2.48. The first-order chi connectivity index (χ1) is 13.9. The fourth-order valence-corrected chi connectivity index (χ4v) is 3.96. The van der Waals surface area contributed by atoms with Crippen molar-refractivity contribution < 1.29 is 30.0 Å². The number of aliphatic hydroxyl groups is 4. The van der Waals surface area contributed by atoms with Crippen LogP contribution in [0, 0.1) is 5.92 Å². The van der Waals surface area contributed by atoms with Crippen LogP contribution < -0.4 is 4.74 Å². The van der Waals surface area contributed by atoms with Crippen LogP contribution in [0.3, 0.4) is 0 Å². The highest BCUT2D eigenvalue weighted by molar-refractivity contribution is 6.31. The van der Waals surface area contributed by atoms with E-state index < -0.39 is 42.5 Å². The van der Waals surface area contributed by atoms with Gasteiger partial charge >= 0.3 is 0 Å². The molecule has 0 spiro atoms. The number of hydrogen-bond acceptors (Lipinski definition) is 6. The number of benzene rings is 2. The van der Waals surface area contributed by atoms with Crippen molar-refractivity contribution in [1.82, 2.24) is 0 Å². The van der Waals surface area contributed by atoms with Gasteiger partial charge in [-0.1, -0.05) is 35.9 Å². The summed E-state index contributed by atoms with van der Waals surface area (Å²) in [5.41, 5.74) is 2.23. The summed E-state index contributed by atoms with van der Waals surface area (Å²) in [5.74, 6) is -1.94. The van der Waals surface area contributed by atoms with Gasteiger partial charge in [-0.15, -0.1) is 0 Å². The second kappa shape index (κ2) is 9.24. The summed E-state index contributed by atoms with van der Waals surface area (Å²) in [6.45, 7) is 1.89. The summed E-state index contributed by atoms with van der Waals surface area (Å²) in [6, 6.07) is 12.6. The number of halogens is 1. The highest BCUT2D eigenvalue weighted by Crippen LogP contribution is 2.36. The van der Waals surface area contributed by atoms with Crippen molar-refractivity contribution in [2.24, 2.45) is 5.92 Å². The van der Waals surface area contributed by atoms with E-state index in [9.17, 15) is 25.2 Å². The van der Waals surface area contributed by atoms with E-state index in [1.165, 1.54) is 0 Å². The number of carbonyl (C=O) groups excluding carboxylic acids is 1. The van der Waals surface area contributed by atoms with Crippen LogP contribution in [-0.2, 0) is 11.2 Å². The Hall–Kier alpha value is -1.96. The first-order valence-electron chi connectivity index (χ1n) is 9.56. The Kier molecular flexibility index (Phi) is 6.93. The van der Waals surface area contributed by atoms with E-state index in [-0.39, 0.29) is 0 Å². The molecule has 0 aromatic heterocycles. The Morgan fingerprint density at radius 2 is 1.69 bits per heavy atom. The minimum atomic E-state index is -1.53. The van der Waals surface area contributed by atoms with Gasteiger partial charge in [0.05, 0.1) is 37.3 Å². The van der Waals surface area contributed by atoms with Gasteiger partial charge < -0.3 is 25.2 Å². The second-order valence-corrected chi connectivity index (χ2v) is 7.65. The number of Topliss-reactive ketones (excluding diaryl/α,β-unsaturated/α-hetero) is 1. The van der Waals surface area contributed by atoms with Gasteiger partial charge in [-0.3, -0.25) is 4.79 Å². The number of ether oxygens (including phenoxy) is 1. The molecule has 2 aromatic carbocycles. The summed E-state index contributed by atoms with van der Waals surface area (Å²) < 4.78 is 5.44. The third-order valence-electron chi connectivity index (χ3n) is 5.38. The first kappa shape index (κ1) is 21.7. The van der Waals surface area contributed by atoms with Crippen LogP contribution in [0.5, 0.6) is 5.75 Å². The van der Waals surface area contributed by atoms with Crippen molar-refractivity contribution >= 4 is 17.4 Å². The zero-order valence-corrected chi connectivity index (χ0v) is 16.8. The molecule has 3 rings (SSSR count). The Balaban J connectivity index is 1.88. The van der Waals surface area contributed by atoms with Gasteiger partial charge in [0.2, 0.25) is 0 Å². The van der Waals surface area contributed by atoms with Crippen LogP contribution >= 0.6 is 11.6 Å². The van der Waals surface area contributed by atoms with E-state index in [1.54, 1.807) is 18.2 Å². The second-order valence-electron chi connectivity index (χ2n) is 7.25. The molecule has 7 heteroatoms. The zero-order chi connectivity index (χ0) is 21.1. The van der Waals surface area contributed by atoms with Crippen molar-refractivity contribution in [3.8, 4) is 5.75 Å². The molecular weight excluding hydrogens is 396 g/mol. The maximum absolute atomic E-state index is 12.7. The van der Waals surface area contributed by atoms with Crippen LogP contribution in [0.1, 0.15) is 29.5 Å². The fourth-order valence-electron chi connectivity index (χ4n) is 3.78. The zero-order valence-electron chi connectivity index (χ0n) is 16.0. The predicted octanol–water partition coefficient (Wildman–Crippen LogP) is 1.69. The third-order valence-corrected chi connectivity index (χ3v) is 5.75. The van der Waals surface area contributed by atoms with Crippen LogP contribution in [-0.4, -0.2) is 57.7 Å². The maximum atomic E-state index is 12.7. The van der Waals surface area contributed by atoms with Gasteiger partial charge in [0.25, 0.3) is 0 Å². The molecule has 2 aromatic rings. The molecule has 156 valence electrons. The number of aliphatic hydroxyl groups excluding tert-OH is 4. The van der Waals surface area contributed by atoms with Gasteiger partial charge in [-0.25, -0.2) is 0 Å². The highest BCUT2D eigenvalue weighted by atomic mass is 35.5. The van der Waals surface area contributed by atoms with Crippen molar-refractivity contribution in [3.63, 3.8) is 0 Å². The van der Waals surface area contributed by atoms with Crippen LogP contribution in [0.4, 0.5) is 0 Å². The molecule has 4 N–H and O–H groups in total. The molecule has 29 heavy (non-hydrogen) atoms. The topological polar surface area (TPSA) is 107 Å². The van der Waals surface area contributed by atoms with E-state index >= 15 is 0 Å². The molecule has 0 amide bonds. The molecule has 0 saturated heterocycles. The normalized spacial score (nSPS) is 27.1. The van der Waals surface area contributed by atoms with Gasteiger partial charge in [0.15, 0.2) is 5.78 Å². The lowest BCUT2D eigenvalue weighted by atomic mass is 9.72. The lowest BCUT2D eigenvalue weighted by molar-refractivity contribution is -0.158. The smallest absolute Gasteiger partial charge is 0.151 e. The molecule has 1 saturated carbocycles. The molecule has 1 fully saturated rings. The lowest BCUT2D eigenvalue weighted by Crippen LogP contribution is -2.56. The van der Waals surface area contributed by atoms with Crippen molar-refractivity contribution in [2.45, 2.75) is 37.6 Å². The van der Waals surface area contributed by atoms with E-state index in [1.807, 2.05) is 31.2 Å². The number of rotatable bonds is 6. The predicted molar refractivity (Wildman–Crippen MR) is 108 cm³/mol. The van der Waals surface area contributed by atoms with Crippen molar-refractivity contribution in [2.75, 3.05) is 13.2 Å². The van der Waals surface area contributed by atoms with E-state index in [0.29, 0.717) is 23.6 Å². The summed E-state index contributed by atoms with van der Waals surface area (Å²) in [5, 5.41) is 40.5. The number of hydrogen-bond donors (Lipinski definition) is 4. The van der Waals surface area contributed by atoms with Crippen LogP contribution in [0.2, 0.25) is 5.02 Å². The molecule has 1 aliphatic rings. The van der Waals surface area contributed by atoms with E-state index in [0.717, 1.165) is 16.9 Å². The quantitative estimate of drug-likeness (QED) is 0.566. The molecule has 1 aliphatic carbocycles. The third kappa shape index (κ3) is 4.47. The molecule has 0 aliphatic heterocycles. The Morgan fingerprint density at radius 1 is 1.00 bits per heavy atom. The molecule has 0 bridgehead atoms. The molecule has 5 unspecified atom stereocenters. The Labute approximate surface area is 174 Å². The van der Waals surface area contributed by atoms with Crippen LogP contribution in [0.15, 0.2) is 42.5 Å². The number of ketones is 1.